The second-order valence-corrected chi connectivity index (χ2v) is 2.03. The minimum atomic E-state index is -2.56. The van der Waals surface area contributed by atoms with Gasteiger partial charge < -0.3 is 10.7 Å². The lowest BCUT2D eigenvalue weighted by atomic mass is 10.4. The summed E-state index contributed by atoms with van der Waals surface area (Å²) in [6, 6.07) is 0. The van der Waals surface area contributed by atoms with Gasteiger partial charge in [-0.3, -0.25) is 0 Å². The van der Waals surface area contributed by atoms with Crippen molar-refractivity contribution in [2.45, 2.75) is 6.55 Å². The maximum Gasteiger partial charge on any atom is 0.312 e. The maximum absolute atomic E-state index is 11.4. The number of hydrogen-bond acceptors (Lipinski definition) is 2. The van der Waals surface area contributed by atoms with E-state index in [1.165, 1.54) is 0 Å². The average molecular weight is 213 g/mol. The number of rotatable bonds is 4. The van der Waals surface area contributed by atoms with E-state index in [0.29, 0.717) is 10.9 Å². The molecule has 0 aliphatic heterocycles. The van der Waals surface area contributed by atoms with Crippen molar-refractivity contribution in [2.24, 2.45) is 0 Å². The number of alkyl halides is 3. The zero-order valence-electron chi connectivity index (χ0n) is 5.07. The molecule has 0 unspecified atom stereocenters. The highest BCUT2D eigenvalue weighted by atomic mass is 79.9. The van der Waals surface area contributed by atoms with E-state index in [1.54, 1.807) is 5.32 Å². The van der Waals surface area contributed by atoms with Crippen molar-refractivity contribution in [2.75, 3.05) is 5.33 Å². The first-order valence-electron chi connectivity index (χ1n) is 2.50. The third-order valence-corrected chi connectivity index (χ3v) is 1.38. The molecule has 0 atom stereocenters. The third-order valence-electron chi connectivity index (χ3n) is 0.734. The van der Waals surface area contributed by atoms with Gasteiger partial charge in [0, 0.05) is 17.7 Å². The maximum atomic E-state index is 11.4. The molecule has 2 nitrogen and oxygen atoms in total. The van der Waals surface area contributed by atoms with Gasteiger partial charge in [0.05, 0.1) is 0 Å². The van der Waals surface area contributed by atoms with Crippen molar-refractivity contribution in [3.8, 4) is 0 Å². The van der Waals surface area contributed by atoms with Crippen LogP contribution in [0.25, 0.3) is 0 Å². The molecule has 0 radical (unpaired) electrons. The molecule has 0 rings (SSSR count). The van der Waals surface area contributed by atoms with Crippen molar-refractivity contribution >= 4 is 22.1 Å². The molecule has 0 aromatic carbocycles. The van der Waals surface area contributed by atoms with E-state index in [1.807, 2.05) is 0 Å². The smallest absolute Gasteiger partial charge is 0.312 e. The van der Waals surface area contributed by atoms with E-state index in [0.717, 1.165) is 12.4 Å². The number of halogens is 3. The predicted octanol–water partition coefficient (Wildman–Crippen LogP) is 1.73. The molecular weight excluding hydrogens is 206 g/mol. The molecule has 0 heterocycles. The summed E-state index contributed by atoms with van der Waals surface area (Å²) in [5.74, 6) is 0. The Morgan fingerprint density at radius 2 is 2.30 bits per heavy atom. The van der Waals surface area contributed by atoms with E-state index in [4.69, 9.17) is 5.41 Å². The molecule has 0 spiro atoms. The molecule has 10 heavy (non-hydrogen) atoms. The highest BCUT2D eigenvalue weighted by molar-refractivity contribution is 9.09. The number of hydrogen-bond donors (Lipinski definition) is 2. The summed E-state index contributed by atoms with van der Waals surface area (Å²) in [6.07, 6.45) is 2.11. The average Bonchev–Trinajstić information content (AvgIpc) is 1.90. The van der Waals surface area contributed by atoms with E-state index in [2.05, 4.69) is 15.9 Å². The zero-order chi connectivity index (χ0) is 7.98. The first-order valence-corrected chi connectivity index (χ1v) is 3.62. The summed E-state index contributed by atoms with van der Waals surface area (Å²) in [5, 5.41) is 8.87. The standard InChI is InChI=1S/C5H7BrF2N2/c6-1-4(2-9)3-10-5(7)8/h2-3,5,9-10H,1H2/b4-3-,9-2?. The van der Waals surface area contributed by atoms with E-state index < -0.39 is 6.55 Å². The van der Waals surface area contributed by atoms with Crippen LogP contribution in [0.1, 0.15) is 0 Å². The fourth-order valence-corrected chi connectivity index (χ4v) is 0.613. The summed E-state index contributed by atoms with van der Waals surface area (Å²) >= 11 is 3.02. The van der Waals surface area contributed by atoms with Crippen LogP contribution < -0.4 is 5.32 Å². The van der Waals surface area contributed by atoms with Crippen molar-refractivity contribution < 1.29 is 8.78 Å². The number of nitrogens with one attached hydrogen (secondary N) is 2. The molecule has 0 fully saturated rings. The van der Waals surface area contributed by atoms with Crippen LogP contribution in [-0.2, 0) is 0 Å². The van der Waals surface area contributed by atoms with Gasteiger partial charge in [-0.25, -0.2) is 0 Å². The molecule has 0 aliphatic carbocycles. The molecule has 58 valence electrons. The Kier molecular flexibility index (Phi) is 5.10. The zero-order valence-corrected chi connectivity index (χ0v) is 6.66. The first kappa shape index (κ1) is 9.55. The van der Waals surface area contributed by atoms with Crippen molar-refractivity contribution in [3.05, 3.63) is 11.8 Å². The summed E-state index contributed by atoms with van der Waals surface area (Å²) < 4.78 is 22.8. The van der Waals surface area contributed by atoms with E-state index in [-0.39, 0.29) is 0 Å². The van der Waals surface area contributed by atoms with Crippen LogP contribution in [0.4, 0.5) is 8.78 Å². The third kappa shape index (κ3) is 4.43. The Morgan fingerprint density at radius 1 is 1.70 bits per heavy atom. The molecule has 0 aliphatic rings. The van der Waals surface area contributed by atoms with Crippen LogP contribution in [0, 0.1) is 5.41 Å². The van der Waals surface area contributed by atoms with Crippen molar-refractivity contribution in [3.63, 3.8) is 0 Å². The van der Waals surface area contributed by atoms with Gasteiger partial charge in [0.1, 0.15) is 0 Å². The highest BCUT2D eigenvalue weighted by Gasteiger charge is 1.95. The Morgan fingerprint density at radius 3 is 2.60 bits per heavy atom. The molecule has 5 heteroatoms. The minimum Gasteiger partial charge on any atom is -0.336 e. The van der Waals surface area contributed by atoms with Gasteiger partial charge in [0.2, 0.25) is 0 Å². The quantitative estimate of drug-likeness (QED) is 0.416. The summed E-state index contributed by atoms with van der Waals surface area (Å²) in [4.78, 5) is 0. The predicted molar refractivity (Wildman–Crippen MR) is 39.8 cm³/mol. The molecule has 2 N–H and O–H groups in total. The van der Waals surface area contributed by atoms with Crippen LogP contribution in [0.2, 0.25) is 0 Å². The molecule has 0 bridgehead atoms. The van der Waals surface area contributed by atoms with Gasteiger partial charge in [0.25, 0.3) is 0 Å². The van der Waals surface area contributed by atoms with Crippen LogP contribution in [-0.4, -0.2) is 18.1 Å². The van der Waals surface area contributed by atoms with Crippen molar-refractivity contribution in [1.82, 2.24) is 5.32 Å². The second-order valence-electron chi connectivity index (χ2n) is 1.46. The molecular formula is C5H7BrF2N2. The van der Waals surface area contributed by atoms with E-state index in [9.17, 15) is 8.78 Å². The monoisotopic (exact) mass is 212 g/mol. The summed E-state index contributed by atoms with van der Waals surface area (Å²) in [7, 11) is 0. The lowest BCUT2D eigenvalue weighted by Gasteiger charge is -1.97. The fourth-order valence-electron chi connectivity index (χ4n) is 0.289. The largest absolute Gasteiger partial charge is 0.336 e. The Labute approximate surface area is 65.9 Å². The van der Waals surface area contributed by atoms with Crippen LogP contribution >= 0.6 is 15.9 Å². The van der Waals surface area contributed by atoms with Gasteiger partial charge in [-0.15, -0.1) is 0 Å². The molecule has 0 saturated carbocycles. The normalized spacial score (nSPS) is 11.8. The van der Waals surface area contributed by atoms with Crippen LogP contribution in [0.5, 0.6) is 0 Å². The second kappa shape index (κ2) is 5.34. The SMILES string of the molecule is N=C/C(=C\NC(F)F)CBr. The fraction of sp³-hybridized carbons (Fsp3) is 0.400. The van der Waals surface area contributed by atoms with E-state index >= 15 is 0 Å². The van der Waals surface area contributed by atoms with Crippen molar-refractivity contribution in [1.29, 1.82) is 5.41 Å². The molecule has 0 aromatic heterocycles. The Hall–Kier alpha value is -0.450. The highest BCUT2D eigenvalue weighted by Crippen LogP contribution is 1.95. The number of allylic oxidation sites excluding steroid dienone is 1. The Bertz CT molecular complexity index is 136. The summed E-state index contributed by atoms with van der Waals surface area (Å²) in [6.45, 7) is -2.56. The molecule has 0 amide bonds. The lowest BCUT2D eigenvalue weighted by Crippen LogP contribution is -2.13. The lowest BCUT2D eigenvalue weighted by molar-refractivity contribution is 0.125. The minimum absolute atomic E-state index is 0.399. The van der Waals surface area contributed by atoms with Gasteiger partial charge in [0.15, 0.2) is 0 Å². The Balaban J connectivity index is 3.74. The van der Waals surface area contributed by atoms with Gasteiger partial charge >= 0.3 is 6.55 Å². The molecule has 0 saturated heterocycles. The molecule has 0 aromatic rings. The topological polar surface area (TPSA) is 35.9 Å². The van der Waals surface area contributed by atoms with Crippen LogP contribution in [0.3, 0.4) is 0 Å². The first-order chi connectivity index (χ1) is 4.70. The van der Waals surface area contributed by atoms with Crippen LogP contribution in [0.15, 0.2) is 11.8 Å². The van der Waals surface area contributed by atoms with Gasteiger partial charge in [-0.05, 0) is 5.57 Å². The van der Waals surface area contributed by atoms with Gasteiger partial charge in [-0.2, -0.15) is 8.78 Å². The van der Waals surface area contributed by atoms with Gasteiger partial charge in [-0.1, -0.05) is 15.9 Å². The summed E-state index contributed by atoms with van der Waals surface area (Å²) in [5.41, 5.74) is 0.473.